The number of para-hydroxylation sites is 1. The zero-order valence-corrected chi connectivity index (χ0v) is 13.8. The Morgan fingerprint density at radius 1 is 1.42 bits per heavy atom. The molecular weight excluding hydrogens is 310 g/mol. The Kier molecular flexibility index (Phi) is 4.64. The van der Waals surface area contributed by atoms with Crippen molar-refractivity contribution in [3.63, 3.8) is 0 Å². The van der Waals surface area contributed by atoms with Crippen molar-refractivity contribution < 1.29 is 14.6 Å². The van der Waals surface area contributed by atoms with Crippen LogP contribution in [0.2, 0.25) is 0 Å². The molecular formula is C17H21N3O4. The van der Waals surface area contributed by atoms with Crippen LogP contribution in [0.5, 0.6) is 0 Å². The van der Waals surface area contributed by atoms with Gasteiger partial charge in [0.1, 0.15) is 12.6 Å². The summed E-state index contributed by atoms with van der Waals surface area (Å²) in [4.78, 5) is 30.7. The van der Waals surface area contributed by atoms with Gasteiger partial charge in [-0.3, -0.25) is 14.2 Å². The molecule has 0 saturated heterocycles. The number of amides is 1. The Labute approximate surface area is 139 Å². The van der Waals surface area contributed by atoms with Gasteiger partial charge in [0.05, 0.1) is 29.4 Å². The normalized spacial score (nSPS) is 23.5. The van der Waals surface area contributed by atoms with E-state index in [1.165, 1.54) is 15.8 Å². The molecule has 1 aliphatic rings. The lowest BCUT2D eigenvalue weighted by molar-refractivity contribution is -0.135. The monoisotopic (exact) mass is 331 g/mol. The highest BCUT2D eigenvalue weighted by Crippen LogP contribution is 2.26. The summed E-state index contributed by atoms with van der Waals surface area (Å²) >= 11 is 0. The van der Waals surface area contributed by atoms with E-state index >= 15 is 0 Å². The highest BCUT2D eigenvalue weighted by molar-refractivity contribution is 5.79. The second-order valence-corrected chi connectivity index (χ2v) is 6.11. The number of fused-ring (bicyclic) bond motifs is 1. The quantitative estimate of drug-likeness (QED) is 0.876. The maximum Gasteiger partial charge on any atom is 0.261 e. The van der Waals surface area contributed by atoms with Gasteiger partial charge in [-0.25, -0.2) is 4.98 Å². The Balaban J connectivity index is 1.78. The lowest BCUT2D eigenvalue weighted by Gasteiger charge is -2.28. The summed E-state index contributed by atoms with van der Waals surface area (Å²) in [5.41, 5.74) is 0.359. The average Bonchev–Trinajstić information content (AvgIpc) is 2.97. The van der Waals surface area contributed by atoms with Gasteiger partial charge >= 0.3 is 0 Å². The largest absolute Gasteiger partial charge is 0.388 e. The van der Waals surface area contributed by atoms with E-state index in [0.29, 0.717) is 23.7 Å². The number of aliphatic hydroxyl groups is 1. The highest BCUT2D eigenvalue weighted by atomic mass is 16.5. The number of carbonyl (C=O) groups excluding carboxylic acids is 1. The van der Waals surface area contributed by atoms with E-state index < -0.39 is 6.10 Å². The minimum absolute atomic E-state index is 0.103. The summed E-state index contributed by atoms with van der Waals surface area (Å²) in [5, 5.41) is 10.7. The molecule has 0 unspecified atom stereocenters. The molecule has 1 aliphatic carbocycles. The van der Waals surface area contributed by atoms with Gasteiger partial charge in [0.2, 0.25) is 5.91 Å². The lowest BCUT2D eigenvalue weighted by atomic mass is 10.1. The van der Waals surface area contributed by atoms with Crippen LogP contribution >= 0.6 is 0 Å². The number of likely N-dealkylation sites (N-methyl/N-ethyl adjacent to an activating group) is 1. The molecule has 128 valence electrons. The van der Waals surface area contributed by atoms with Crippen LogP contribution in [0.1, 0.15) is 12.8 Å². The minimum atomic E-state index is -0.713. The first-order chi connectivity index (χ1) is 11.5. The number of hydrogen-bond donors (Lipinski definition) is 1. The number of rotatable bonds is 4. The molecule has 7 nitrogen and oxygen atoms in total. The van der Waals surface area contributed by atoms with Gasteiger partial charge in [-0.15, -0.1) is 0 Å². The van der Waals surface area contributed by atoms with Gasteiger partial charge in [0, 0.05) is 14.2 Å². The Morgan fingerprint density at radius 2 is 2.17 bits per heavy atom. The predicted molar refractivity (Wildman–Crippen MR) is 88.6 cm³/mol. The first-order valence-corrected chi connectivity index (χ1v) is 7.93. The number of carbonyl (C=O) groups is 1. The molecule has 3 rings (SSSR count). The van der Waals surface area contributed by atoms with Gasteiger partial charge in [-0.2, -0.15) is 0 Å². The van der Waals surface area contributed by atoms with Gasteiger partial charge in [0.15, 0.2) is 0 Å². The van der Waals surface area contributed by atoms with Crippen molar-refractivity contribution in [2.75, 3.05) is 14.2 Å². The minimum Gasteiger partial charge on any atom is -0.388 e. The van der Waals surface area contributed by atoms with Crippen molar-refractivity contribution in [3.8, 4) is 0 Å². The summed E-state index contributed by atoms with van der Waals surface area (Å²) < 4.78 is 6.52. The number of aromatic nitrogens is 2. The summed E-state index contributed by atoms with van der Waals surface area (Å²) in [6.45, 7) is -0.103. The van der Waals surface area contributed by atoms with Crippen LogP contribution in [0.15, 0.2) is 35.4 Å². The van der Waals surface area contributed by atoms with Gasteiger partial charge < -0.3 is 14.7 Å². The molecule has 0 radical (unpaired) electrons. The number of benzene rings is 1. The van der Waals surface area contributed by atoms with Crippen LogP contribution in [-0.4, -0.2) is 57.9 Å². The summed E-state index contributed by atoms with van der Waals surface area (Å²) in [5.74, 6) is -0.241. The van der Waals surface area contributed by atoms with Gasteiger partial charge in [-0.1, -0.05) is 12.1 Å². The van der Waals surface area contributed by atoms with Crippen LogP contribution in [0.3, 0.4) is 0 Å². The van der Waals surface area contributed by atoms with E-state index in [4.69, 9.17) is 4.74 Å². The Bertz CT molecular complexity index is 804. The molecule has 1 fully saturated rings. The van der Waals surface area contributed by atoms with Crippen LogP contribution in [0, 0.1) is 0 Å². The second-order valence-electron chi connectivity index (χ2n) is 6.11. The third-order valence-corrected chi connectivity index (χ3v) is 4.75. The number of nitrogens with zero attached hydrogens (tertiary/aromatic N) is 3. The molecule has 1 saturated carbocycles. The van der Waals surface area contributed by atoms with Crippen molar-refractivity contribution in [2.24, 2.45) is 0 Å². The number of hydrogen-bond acceptors (Lipinski definition) is 5. The second kappa shape index (κ2) is 6.70. The highest BCUT2D eigenvalue weighted by Gasteiger charge is 2.38. The smallest absolute Gasteiger partial charge is 0.261 e. The molecule has 1 heterocycles. The maximum atomic E-state index is 12.5. The van der Waals surface area contributed by atoms with Crippen molar-refractivity contribution in [2.45, 2.75) is 37.6 Å². The topological polar surface area (TPSA) is 84.7 Å². The van der Waals surface area contributed by atoms with Crippen molar-refractivity contribution >= 4 is 16.8 Å². The molecule has 1 aromatic heterocycles. The number of aliphatic hydroxyl groups excluding tert-OH is 1. The van der Waals surface area contributed by atoms with Crippen molar-refractivity contribution in [1.29, 1.82) is 0 Å². The summed E-state index contributed by atoms with van der Waals surface area (Å²) in [6.07, 6.45) is 1.80. The molecule has 0 spiro atoms. The standard InChI is InChI=1S/C17H21N3O4/c1-19(13-7-8-14(24-2)16(13)22)15(21)9-20-10-18-12-6-4-3-5-11(12)17(20)23/h3-6,10,13-14,16,22H,7-9H2,1-2H3/t13-,14-,16-/m1/s1. The SMILES string of the molecule is CO[C@@H]1CC[C@@H](N(C)C(=O)Cn2cnc3ccccc3c2=O)[C@H]1O. The van der Waals surface area contributed by atoms with Crippen molar-refractivity contribution in [1.82, 2.24) is 14.5 Å². The maximum absolute atomic E-state index is 12.5. The molecule has 7 heteroatoms. The summed E-state index contributed by atoms with van der Waals surface area (Å²) in [7, 11) is 3.20. The van der Waals surface area contributed by atoms with Gasteiger partial charge in [0.25, 0.3) is 5.56 Å². The van der Waals surface area contributed by atoms with E-state index in [1.54, 1.807) is 32.4 Å². The molecule has 2 aromatic rings. The lowest BCUT2D eigenvalue weighted by Crippen LogP contribution is -2.46. The van der Waals surface area contributed by atoms with E-state index in [-0.39, 0.29) is 30.2 Å². The van der Waals surface area contributed by atoms with E-state index in [2.05, 4.69) is 4.98 Å². The zero-order chi connectivity index (χ0) is 17.3. The molecule has 0 bridgehead atoms. The predicted octanol–water partition coefficient (Wildman–Crippen LogP) is 0.393. The van der Waals surface area contributed by atoms with E-state index in [9.17, 15) is 14.7 Å². The van der Waals surface area contributed by atoms with Gasteiger partial charge in [-0.05, 0) is 25.0 Å². The van der Waals surface area contributed by atoms with E-state index in [1.807, 2.05) is 6.07 Å². The molecule has 1 N–H and O–H groups in total. The third kappa shape index (κ3) is 2.92. The summed E-state index contributed by atoms with van der Waals surface area (Å²) in [6, 6.07) is 6.73. The molecule has 24 heavy (non-hydrogen) atoms. The first kappa shape index (κ1) is 16.6. The van der Waals surface area contributed by atoms with Crippen molar-refractivity contribution in [3.05, 3.63) is 40.9 Å². The average molecular weight is 331 g/mol. The van der Waals surface area contributed by atoms with E-state index in [0.717, 1.165) is 0 Å². The molecule has 1 aromatic carbocycles. The third-order valence-electron chi connectivity index (χ3n) is 4.75. The first-order valence-electron chi connectivity index (χ1n) is 7.93. The van der Waals surface area contributed by atoms with Crippen LogP contribution in [0.4, 0.5) is 0 Å². The molecule has 1 amide bonds. The number of methoxy groups -OCH3 is 1. The van der Waals surface area contributed by atoms with Crippen LogP contribution in [-0.2, 0) is 16.1 Å². The van der Waals surface area contributed by atoms with Crippen LogP contribution < -0.4 is 5.56 Å². The number of ether oxygens (including phenoxy) is 1. The molecule has 3 atom stereocenters. The fourth-order valence-electron chi connectivity index (χ4n) is 3.27. The fraction of sp³-hybridized carbons (Fsp3) is 0.471. The Hall–Kier alpha value is -2.25. The zero-order valence-electron chi connectivity index (χ0n) is 13.8. The Morgan fingerprint density at radius 3 is 2.88 bits per heavy atom. The molecule has 0 aliphatic heterocycles. The van der Waals surface area contributed by atoms with Crippen LogP contribution in [0.25, 0.3) is 10.9 Å². The fourth-order valence-corrected chi connectivity index (χ4v) is 3.27.